The molecule has 1 N–H and O–H groups in total. The molecule has 0 bridgehead atoms. The molecule has 6 heteroatoms. The largest absolute Gasteiger partial charge is 0.369 e. The Kier molecular flexibility index (Phi) is 6.07. The van der Waals surface area contributed by atoms with Crippen LogP contribution in [-0.2, 0) is 11.3 Å². The van der Waals surface area contributed by atoms with Crippen LogP contribution < -0.4 is 10.2 Å². The van der Waals surface area contributed by atoms with E-state index in [2.05, 4.69) is 63.0 Å². The number of Topliss-reactive ketones (excluding diaryl/α,β-unsaturated/α-hetero) is 1. The smallest absolute Gasteiger partial charge is 0.238 e. The van der Waals surface area contributed by atoms with E-state index < -0.39 is 0 Å². The molecule has 1 fully saturated rings. The van der Waals surface area contributed by atoms with Gasteiger partial charge in [0.25, 0.3) is 0 Å². The molecule has 0 atom stereocenters. The Hall–Kier alpha value is -3.64. The second-order valence-electron chi connectivity index (χ2n) is 8.91. The fourth-order valence-electron chi connectivity index (χ4n) is 4.95. The highest BCUT2D eigenvalue weighted by Crippen LogP contribution is 2.31. The lowest BCUT2D eigenvalue weighted by atomic mass is 10.1. The highest BCUT2D eigenvalue weighted by atomic mass is 16.2. The number of aryl methyl sites for hydroxylation is 1. The number of nitrogens with zero attached hydrogens (tertiary/aromatic N) is 3. The van der Waals surface area contributed by atoms with E-state index in [1.165, 1.54) is 21.8 Å². The first-order chi connectivity index (χ1) is 16.5. The minimum Gasteiger partial charge on any atom is -0.369 e. The minimum absolute atomic E-state index is 0.0119. The van der Waals surface area contributed by atoms with Crippen LogP contribution in [-0.4, -0.2) is 53.9 Å². The molecule has 0 unspecified atom stereocenters. The molecule has 0 radical (unpaired) electrons. The molecule has 34 heavy (non-hydrogen) atoms. The number of carbonyl (C=O) groups is 2. The Labute approximate surface area is 199 Å². The van der Waals surface area contributed by atoms with Crippen LogP contribution in [0.3, 0.4) is 0 Å². The van der Waals surface area contributed by atoms with Gasteiger partial charge in [0.15, 0.2) is 5.78 Å². The lowest BCUT2D eigenvalue weighted by molar-refractivity contribution is -0.117. The van der Waals surface area contributed by atoms with Gasteiger partial charge in [-0.05, 0) is 62.4 Å². The molecule has 1 aliphatic rings. The molecule has 1 saturated heterocycles. The first-order valence-corrected chi connectivity index (χ1v) is 11.9. The summed E-state index contributed by atoms with van der Waals surface area (Å²) < 4.78 is 2.31. The molecule has 0 saturated carbocycles. The average Bonchev–Trinajstić information content (AvgIpc) is 3.17. The molecular formula is C28H30N4O2. The van der Waals surface area contributed by atoms with Crippen LogP contribution in [0, 0.1) is 0 Å². The Bertz CT molecular complexity index is 1350. The van der Waals surface area contributed by atoms with E-state index in [0.717, 1.165) is 49.7 Å². The van der Waals surface area contributed by atoms with Crippen molar-refractivity contribution in [1.82, 2.24) is 9.47 Å². The number of carbonyl (C=O) groups excluding carboxylic acids is 2. The molecule has 1 aromatic heterocycles. The normalized spacial score (nSPS) is 14.6. The van der Waals surface area contributed by atoms with Crippen LogP contribution in [0.2, 0.25) is 0 Å². The number of nitrogens with one attached hydrogen (secondary N) is 1. The van der Waals surface area contributed by atoms with Crippen LogP contribution in [0.25, 0.3) is 21.8 Å². The molecule has 174 valence electrons. The topological polar surface area (TPSA) is 57.6 Å². The summed E-state index contributed by atoms with van der Waals surface area (Å²) in [5, 5.41) is 5.48. The van der Waals surface area contributed by atoms with E-state index >= 15 is 0 Å². The van der Waals surface area contributed by atoms with Gasteiger partial charge in [-0.15, -0.1) is 0 Å². The van der Waals surface area contributed by atoms with Gasteiger partial charge in [0.05, 0.1) is 6.54 Å². The maximum absolute atomic E-state index is 12.8. The highest BCUT2D eigenvalue weighted by Gasteiger charge is 2.20. The quantitative estimate of drug-likeness (QED) is 0.426. The van der Waals surface area contributed by atoms with Crippen LogP contribution in [0.1, 0.15) is 24.2 Å². The summed E-state index contributed by atoms with van der Waals surface area (Å²) in [5.41, 5.74) is 5.09. The molecule has 1 amide bonds. The average molecular weight is 455 g/mol. The molecule has 2 heterocycles. The maximum Gasteiger partial charge on any atom is 0.238 e. The number of benzene rings is 3. The zero-order valence-corrected chi connectivity index (χ0v) is 19.8. The summed E-state index contributed by atoms with van der Waals surface area (Å²) in [4.78, 5) is 28.8. The fraction of sp³-hybridized carbons (Fsp3) is 0.286. The highest BCUT2D eigenvalue weighted by molar-refractivity contribution is 6.09. The second kappa shape index (κ2) is 9.31. The molecule has 4 aromatic rings. The Morgan fingerprint density at radius 1 is 0.853 bits per heavy atom. The number of anilines is 2. The van der Waals surface area contributed by atoms with Gasteiger partial charge in [0, 0.05) is 71.5 Å². The number of para-hydroxylation sites is 1. The zero-order chi connectivity index (χ0) is 23.7. The van der Waals surface area contributed by atoms with E-state index in [4.69, 9.17) is 0 Å². The Balaban J connectivity index is 1.21. The van der Waals surface area contributed by atoms with E-state index in [1.54, 1.807) is 6.92 Å². The zero-order valence-electron chi connectivity index (χ0n) is 19.8. The number of aromatic nitrogens is 1. The molecule has 0 spiro atoms. The third-order valence-electron chi connectivity index (χ3n) is 6.75. The molecule has 3 aromatic carbocycles. The summed E-state index contributed by atoms with van der Waals surface area (Å²) in [6.45, 7) is 8.39. The van der Waals surface area contributed by atoms with Crippen molar-refractivity contribution in [3.05, 3.63) is 72.3 Å². The molecule has 5 rings (SSSR count). The van der Waals surface area contributed by atoms with Crippen molar-refractivity contribution in [2.75, 3.05) is 42.9 Å². The lowest BCUT2D eigenvalue weighted by Gasteiger charge is -2.35. The van der Waals surface area contributed by atoms with E-state index in [9.17, 15) is 9.59 Å². The Morgan fingerprint density at radius 2 is 1.56 bits per heavy atom. The summed E-state index contributed by atoms with van der Waals surface area (Å²) in [6.07, 6.45) is 0. The van der Waals surface area contributed by atoms with Crippen LogP contribution >= 0.6 is 0 Å². The van der Waals surface area contributed by atoms with Crippen molar-refractivity contribution in [2.24, 2.45) is 0 Å². The first-order valence-electron chi connectivity index (χ1n) is 11.9. The summed E-state index contributed by atoms with van der Waals surface area (Å²) in [5.74, 6) is 0.0930. The third kappa shape index (κ3) is 4.29. The van der Waals surface area contributed by atoms with Gasteiger partial charge >= 0.3 is 0 Å². The number of hydrogen-bond donors (Lipinski definition) is 1. The second-order valence-corrected chi connectivity index (χ2v) is 8.91. The first kappa shape index (κ1) is 22.2. The Morgan fingerprint density at radius 3 is 2.26 bits per heavy atom. The minimum atomic E-state index is 0.0119. The van der Waals surface area contributed by atoms with Crippen molar-refractivity contribution in [3.63, 3.8) is 0 Å². The summed E-state index contributed by atoms with van der Waals surface area (Å²) >= 11 is 0. The standard InChI is InChI=1S/C28H30N4O2/c1-3-32-26-7-5-4-6-24(26)25-18-22(10-13-27(25)32)29-28(34)19-30-14-16-31(17-15-30)23-11-8-21(9-12-23)20(2)33/h4-13,18H,3,14-17,19H2,1-2H3,(H,29,34). The molecule has 0 aliphatic carbocycles. The maximum atomic E-state index is 12.8. The van der Waals surface area contributed by atoms with E-state index in [-0.39, 0.29) is 11.7 Å². The lowest BCUT2D eigenvalue weighted by Crippen LogP contribution is -2.48. The molecule has 1 aliphatic heterocycles. The summed E-state index contributed by atoms with van der Waals surface area (Å²) in [6, 6.07) is 22.4. The van der Waals surface area contributed by atoms with Gasteiger partial charge in [0.2, 0.25) is 5.91 Å². The number of ketones is 1. The van der Waals surface area contributed by atoms with Crippen molar-refractivity contribution in [2.45, 2.75) is 20.4 Å². The SMILES string of the molecule is CCn1c2ccccc2c2cc(NC(=O)CN3CCN(c4ccc(C(C)=O)cc4)CC3)ccc21. The van der Waals surface area contributed by atoms with Gasteiger partial charge in [-0.1, -0.05) is 18.2 Å². The third-order valence-corrected chi connectivity index (χ3v) is 6.75. The molecule has 6 nitrogen and oxygen atoms in total. The predicted octanol–water partition coefficient (Wildman–Crippen LogP) is 4.78. The van der Waals surface area contributed by atoms with Gasteiger partial charge in [0.1, 0.15) is 0 Å². The molecular weight excluding hydrogens is 424 g/mol. The van der Waals surface area contributed by atoms with Gasteiger partial charge < -0.3 is 14.8 Å². The fourth-order valence-corrected chi connectivity index (χ4v) is 4.95. The van der Waals surface area contributed by atoms with Crippen LogP contribution in [0.15, 0.2) is 66.7 Å². The van der Waals surface area contributed by atoms with Gasteiger partial charge in [-0.3, -0.25) is 14.5 Å². The van der Waals surface area contributed by atoms with Gasteiger partial charge in [-0.2, -0.15) is 0 Å². The van der Waals surface area contributed by atoms with E-state index in [1.807, 2.05) is 30.3 Å². The number of fused-ring (bicyclic) bond motifs is 3. The predicted molar refractivity (Wildman–Crippen MR) is 139 cm³/mol. The van der Waals surface area contributed by atoms with Crippen LogP contribution in [0.4, 0.5) is 11.4 Å². The number of hydrogen-bond acceptors (Lipinski definition) is 4. The van der Waals surface area contributed by atoms with Crippen molar-refractivity contribution < 1.29 is 9.59 Å². The van der Waals surface area contributed by atoms with Crippen LogP contribution in [0.5, 0.6) is 0 Å². The van der Waals surface area contributed by atoms with Gasteiger partial charge in [-0.25, -0.2) is 0 Å². The monoisotopic (exact) mass is 454 g/mol. The van der Waals surface area contributed by atoms with Crippen molar-refractivity contribution in [3.8, 4) is 0 Å². The summed E-state index contributed by atoms with van der Waals surface area (Å²) in [7, 11) is 0. The number of rotatable bonds is 6. The number of piperazine rings is 1. The van der Waals surface area contributed by atoms with E-state index in [0.29, 0.717) is 6.54 Å². The van der Waals surface area contributed by atoms with Crippen molar-refractivity contribution in [1.29, 1.82) is 0 Å². The number of amides is 1. The van der Waals surface area contributed by atoms with Crippen molar-refractivity contribution >= 4 is 44.9 Å².